The second-order valence-corrected chi connectivity index (χ2v) is 5.18. The minimum atomic E-state index is -0.984. The summed E-state index contributed by atoms with van der Waals surface area (Å²) in [6.45, 7) is 0. The molecular weight excluding hydrogens is 284 g/mol. The molecule has 0 spiro atoms. The normalized spacial score (nSPS) is 10.4. The van der Waals surface area contributed by atoms with Crippen molar-refractivity contribution in [3.63, 3.8) is 0 Å². The number of nitrogens with zero attached hydrogens (tertiary/aromatic N) is 1. The molecule has 3 N–H and O–H groups in total. The van der Waals surface area contributed by atoms with Gasteiger partial charge in [0.25, 0.3) is 0 Å². The van der Waals surface area contributed by atoms with Gasteiger partial charge in [0.15, 0.2) is 0 Å². The van der Waals surface area contributed by atoms with Gasteiger partial charge in [0, 0.05) is 22.5 Å². The van der Waals surface area contributed by atoms with Gasteiger partial charge >= 0.3 is 5.97 Å². The van der Waals surface area contributed by atoms with Crippen molar-refractivity contribution >= 4 is 35.0 Å². The number of carboxylic acid groups (broad SMARTS) is 1. The number of hydrogen-bond donors (Lipinski definition) is 2. The highest BCUT2D eigenvalue weighted by Gasteiger charge is 2.07. The lowest BCUT2D eigenvalue weighted by molar-refractivity contribution is 0.0696. The summed E-state index contributed by atoms with van der Waals surface area (Å²) in [7, 11) is 0. The van der Waals surface area contributed by atoms with Gasteiger partial charge in [-0.2, -0.15) is 0 Å². The van der Waals surface area contributed by atoms with Crippen molar-refractivity contribution in [2.75, 3.05) is 5.73 Å². The van der Waals surface area contributed by atoms with E-state index in [0.717, 1.165) is 10.6 Å². The van der Waals surface area contributed by atoms with E-state index in [9.17, 15) is 4.79 Å². The van der Waals surface area contributed by atoms with E-state index in [1.807, 2.05) is 0 Å². The zero-order valence-corrected chi connectivity index (χ0v) is 11.4. The van der Waals surface area contributed by atoms with E-state index in [2.05, 4.69) is 4.98 Å². The van der Waals surface area contributed by atoms with Crippen LogP contribution < -0.4 is 5.73 Å². The van der Waals surface area contributed by atoms with Crippen LogP contribution in [0.3, 0.4) is 0 Å². The van der Waals surface area contributed by atoms with Gasteiger partial charge in [-0.15, -0.1) is 11.8 Å². The number of rotatable bonds is 4. The molecule has 0 amide bonds. The van der Waals surface area contributed by atoms with Gasteiger partial charge < -0.3 is 10.8 Å². The molecule has 1 aromatic heterocycles. The lowest BCUT2D eigenvalue weighted by atomic mass is 10.2. The van der Waals surface area contributed by atoms with Crippen LogP contribution in [0.2, 0.25) is 5.02 Å². The van der Waals surface area contributed by atoms with Crippen LogP contribution in [0, 0.1) is 0 Å². The van der Waals surface area contributed by atoms with E-state index >= 15 is 0 Å². The Morgan fingerprint density at radius 1 is 1.37 bits per heavy atom. The fraction of sp³-hybridized carbons (Fsp3) is 0.0769. The number of anilines is 1. The molecule has 19 heavy (non-hydrogen) atoms. The Hall–Kier alpha value is -1.72. The summed E-state index contributed by atoms with van der Waals surface area (Å²) < 4.78 is 0. The smallest absolute Gasteiger partial charge is 0.337 e. The topological polar surface area (TPSA) is 76.2 Å². The van der Waals surface area contributed by atoms with Crippen molar-refractivity contribution in [1.29, 1.82) is 0 Å². The van der Waals surface area contributed by atoms with Crippen molar-refractivity contribution in [3.05, 3.63) is 52.8 Å². The first-order valence-electron chi connectivity index (χ1n) is 5.43. The van der Waals surface area contributed by atoms with Crippen LogP contribution >= 0.6 is 23.4 Å². The van der Waals surface area contributed by atoms with Gasteiger partial charge in [-0.25, -0.2) is 4.79 Å². The largest absolute Gasteiger partial charge is 0.478 e. The molecule has 0 aliphatic heterocycles. The predicted octanol–water partition coefficient (Wildman–Crippen LogP) is 3.31. The van der Waals surface area contributed by atoms with E-state index in [0.29, 0.717) is 16.5 Å². The quantitative estimate of drug-likeness (QED) is 0.668. The highest BCUT2D eigenvalue weighted by molar-refractivity contribution is 7.98. The molecule has 4 nitrogen and oxygen atoms in total. The van der Waals surface area contributed by atoms with Gasteiger partial charge in [-0.1, -0.05) is 17.7 Å². The fourth-order valence-electron chi connectivity index (χ4n) is 1.46. The van der Waals surface area contributed by atoms with Crippen LogP contribution in [0.1, 0.15) is 16.1 Å². The third-order valence-electron chi connectivity index (χ3n) is 2.43. The average molecular weight is 295 g/mol. The van der Waals surface area contributed by atoms with Crippen molar-refractivity contribution in [2.24, 2.45) is 0 Å². The Balaban J connectivity index is 2.08. The van der Waals surface area contributed by atoms with Crippen LogP contribution in [0.4, 0.5) is 5.69 Å². The predicted molar refractivity (Wildman–Crippen MR) is 76.6 cm³/mol. The zero-order chi connectivity index (χ0) is 13.8. The minimum absolute atomic E-state index is 0.172. The Morgan fingerprint density at radius 3 is 2.74 bits per heavy atom. The van der Waals surface area contributed by atoms with Gasteiger partial charge in [-0.3, -0.25) is 4.98 Å². The summed E-state index contributed by atoms with van der Waals surface area (Å²) in [5.41, 5.74) is 7.42. The maximum atomic E-state index is 10.7. The third kappa shape index (κ3) is 3.39. The number of thioether (sulfide) groups is 1. The van der Waals surface area contributed by atoms with E-state index in [1.165, 1.54) is 24.0 Å². The molecule has 0 aliphatic carbocycles. The van der Waals surface area contributed by atoms with E-state index in [1.54, 1.807) is 24.3 Å². The lowest BCUT2D eigenvalue weighted by Gasteiger charge is -2.07. The number of benzene rings is 1. The van der Waals surface area contributed by atoms with Crippen LogP contribution in [0.15, 0.2) is 41.4 Å². The highest BCUT2D eigenvalue weighted by Crippen LogP contribution is 2.34. The Morgan fingerprint density at radius 2 is 2.16 bits per heavy atom. The Bertz CT molecular complexity index is 582. The second kappa shape index (κ2) is 5.95. The summed E-state index contributed by atoms with van der Waals surface area (Å²) in [4.78, 5) is 15.6. The van der Waals surface area contributed by atoms with Crippen LogP contribution in [0.25, 0.3) is 0 Å². The number of pyridine rings is 1. The molecule has 6 heteroatoms. The van der Waals surface area contributed by atoms with Crippen molar-refractivity contribution in [3.8, 4) is 0 Å². The maximum Gasteiger partial charge on any atom is 0.337 e. The molecule has 0 radical (unpaired) electrons. The molecule has 2 aromatic rings. The van der Waals surface area contributed by atoms with Crippen molar-refractivity contribution < 1.29 is 9.90 Å². The lowest BCUT2D eigenvalue weighted by Crippen LogP contribution is -1.98. The number of nitrogen functional groups attached to an aromatic ring is 1. The molecule has 0 saturated carbocycles. The molecule has 0 saturated heterocycles. The summed E-state index contributed by atoms with van der Waals surface area (Å²) in [6.07, 6.45) is 1.34. The fourth-order valence-corrected chi connectivity index (χ4v) is 2.71. The molecule has 98 valence electrons. The molecule has 0 atom stereocenters. The van der Waals surface area contributed by atoms with E-state index in [-0.39, 0.29) is 5.56 Å². The first kappa shape index (κ1) is 13.7. The molecule has 0 aliphatic rings. The van der Waals surface area contributed by atoms with Crippen LogP contribution in [-0.4, -0.2) is 16.1 Å². The number of halogens is 1. The van der Waals surface area contributed by atoms with Crippen LogP contribution in [0.5, 0.6) is 0 Å². The second-order valence-electron chi connectivity index (χ2n) is 3.79. The SMILES string of the molecule is Nc1cccc(Cl)c1SCc1ccc(C(=O)O)cn1. The van der Waals surface area contributed by atoms with Crippen LogP contribution in [-0.2, 0) is 5.75 Å². The summed E-state index contributed by atoms with van der Waals surface area (Å²) >= 11 is 7.54. The monoisotopic (exact) mass is 294 g/mol. The van der Waals surface area contributed by atoms with Gasteiger partial charge in [-0.05, 0) is 24.3 Å². The summed E-state index contributed by atoms with van der Waals surface area (Å²) in [6, 6.07) is 8.57. The summed E-state index contributed by atoms with van der Waals surface area (Å²) in [5, 5.41) is 9.38. The number of carboxylic acids is 1. The highest BCUT2D eigenvalue weighted by atomic mass is 35.5. The third-order valence-corrected chi connectivity index (χ3v) is 4.04. The molecule has 1 aromatic carbocycles. The number of carbonyl (C=O) groups is 1. The molecule has 2 rings (SSSR count). The molecule has 0 unspecified atom stereocenters. The van der Waals surface area contributed by atoms with Gasteiger partial charge in [0.2, 0.25) is 0 Å². The summed E-state index contributed by atoms with van der Waals surface area (Å²) in [5.74, 6) is -0.407. The first-order valence-corrected chi connectivity index (χ1v) is 6.79. The molecular formula is C13H11ClN2O2S. The molecule has 1 heterocycles. The van der Waals surface area contributed by atoms with E-state index < -0.39 is 5.97 Å². The number of aromatic nitrogens is 1. The first-order chi connectivity index (χ1) is 9.08. The molecule has 0 fully saturated rings. The van der Waals surface area contributed by atoms with Gasteiger partial charge in [0.05, 0.1) is 16.3 Å². The zero-order valence-electron chi connectivity index (χ0n) is 9.84. The number of aromatic carboxylic acids is 1. The molecule has 0 bridgehead atoms. The number of hydrogen-bond acceptors (Lipinski definition) is 4. The van der Waals surface area contributed by atoms with E-state index in [4.69, 9.17) is 22.4 Å². The Kier molecular flexibility index (Phi) is 4.29. The van der Waals surface area contributed by atoms with Crippen molar-refractivity contribution in [1.82, 2.24) is 4.98 Å². The number of nitrogens with two attached hydrogens (primary N) is 1. The van der Waals surface area contributed by atoms with Crippen molar-refractivity contribution in [2.45, 2.75) is 10.6 Å². The van der Waals surface area contributed by atoms with Gasteiger partial charge in [0.1, 0.15) is 0 Å². The minimum Gasteiger partial charge on any atom is -0.478 e. The standard InChI is InChI=1S/C13H11ClN2O2S/c14-10-2-1-3-11(15)12(10)19-7-9-5-4-8(6-16-9)13(17)18/h1-6H,7,15H2,(H,17,18). The maximum absolute atomic E-state index is 10.7. The Labute approximate surface area is 119 Å². The average Bonchev–Trinajstić information content (AvgIpc) is 2.38.